The van der Waals surface area contributed by atoms with Crippen LogP contribution in [0.2, 0.25) is 0 Å². The minimum atomic E-state index is -0.749. The van der Waals surface area contributed by atoms with Crippen molar-refractivity contribution in [1.29, 1.82) is 0 Å². The van der Waals surface area contributed by atoms with Crippen molar-refractivity contribution in [3.63, 3.8) is 0 Å². The Balaban J connectivity index is 1.46. The average Bonchev–Trinajstić information content (AvgIpc) is 3.48. The summed E-state index contributed by atoms with van der Waals surface area (Å²) < 4.78 is 0. The SMILES string of the molecule is CC1(c2ccccc2)N=C(NC2=NC(C)(c3ccccc3)N=C2c2ccccc2)C(c2ccccc2)=N1. The average molecular weight is 482 g/mol. The van der Waals surface area contributed by atoms with E-state index in [1.807, 2.05) is 86.6 Å². The number of amidine groups is 2. The zero-order chi connectivity index (χ0) is 25.3. The van der Waals surface area contributed by atoms with Crippen LogP contribution in [0, 0.1) is 0 Å². The lowest BCUT2D eigenvalue weighted by atomic mass is 10.0. The fourth-order valence-corrected chi connectivity index (χ4v) is 4.78. The number of benzene rings is 4. The summed E-state index contributed by atoms with van der Waals surface area (Å²) in [6.07, 6.45) is 0. The molecule has 0 amide bonds. The van der Waals surface area contributed by atoms with Crippen LogP contribution in [0.1, 0.15) is 36.1 Å². The Morgan fingerprint density at radius 2 is 0.757 bits per heavy atom. The zero-order valence-corrected chi connectivity index (χ0v) is 20.8. The van der Waals surface area contributed by atoms with Gasteiger partial charge in [-0.3, -0.25) is 0 Å². The predicted octanol–water partition coefficient (Wildman–Crippen LogP) is 6.12. The van der Waals surface area contributed by atoms with E-state index in [1.165, 1.54) is 0 Å². The normalized spacial score (nSPS) is 22.6. The minimum absolute atomic E-state index is 0.678. The molecule has 5 nitrogen and oxygen atoms in total. The van der Waals surface area contributed by atoms with E-state index in [0.717, 1.165) is 33.7 Å². The quantitative estimate of drug-likeness (QED) is 0.375. The first kappa shape index (κ1) is 22.8. The van der Waals surface area contributed by atoms with Crippen molar-refractivity contribution in [3.8, 4) is 0 Å². The monoisotopic (exact) mass is 481 g/mol. The summed E-state index contributed by atoms with van der Waals surface area (Å²) in [6, 6.07) is 40.7. The number of rotatable bonds is 4. The molecule has 0 aliphatic carbocycles. The van der Waals surface area contributed by atoms with Crippen LogP contribution in [0.5, 0.6) is 0 Å². The summed E-state index contributed by atoms with van der Waals surface area (Å²) in [5.74, 6) is 1.36. The minimum Gasteiger partial charge on any atom is -0.322 e. The van der Waals surface area contributed by atoms with E-state index in [0.29, 0.717) is 11.7 Å². The zero-order valence-electron chi connectivity index (χ0n) is 20.8. The molecule has 2 heterocycles. The fraction of sp³-hybridized carbons (Fsp3) is 0.125. The molecule has 2 atom stereocenters. The summed E-state index contributed by atoms with van der Waals surface area (Å²) in [5.41, 5.74) is 4.15. The Hall–Kier alpha value is -4.64. The molecule has 0 spiro atoms. The van der Waals surface area contributed by atoms with Crippen LogP contribution in [0.3, 0.4) is 0 Å². The van der Waals surface area contributed by atoms with Crippen molar-refractivity contribution in [3.05, 3.63) is 144 Å². The summed E-state index contributed by atoms with van der Waals surface area (Å²) in [4.78, 5) is 20.5. The molecule has 1 N–H and O–H groups in total. The van der Waals surface area contributed by atoms with E-state index in [-0.39, 0.29) is 0 Å². The van der Waals surface area contributed by atoms with E-state index < -0.39 is 11.3 Å². The van der Waals surface area contributed by atoms with Crippen molar-refractivity contribution in [2.75, 3.05) is 0 Å². The van der Waals surface area contributed by atoms with Crippen LogP contribution in [-0.2, 0) is 11.3 Å². The van der Waals surface area contributed by atoms with Gasteiger partial charge >= 0.3 is 0 Å². The molecular formula is C32H27N5. The van der Waals surface area contributed by atoms with E-state index in [1.54, 1.807) is 0 Å². The molecule has 0 radical (unpaired) electrons. The van der Waals surface area contributed by atoms with Gasteiger partial charge in [0.2, 0.25) is 0 Å². The second kappa shape index (κ2) is 9.10. The third kappa shape index (κ3) is 4.29. The number of hydrogen-bond donors (Lipinski definition) is 1. The summed E-state index contributed by atoms with van der Waals surface area (Å²) in [7, 11) is 0. The maximum absolute atomic E-state index is 5.13. The summed E-state index contributed by atoms with van der Waals surface area (Å²) in [5, 5.41) is 3.56. The lowest BCUT2D eigenvalue weighted by Crippen LogP contribution is -2.39. The second-order valence-corrected chi connectivity index (χ2v) is 9.47. The number of nitrogens with one attached hydrogen (secondary N) is 1. The standard InChI is InChI=1S/C32H27N5/c1-31(25-19-11-5-12-20-25)34-27(23-15-7-3-8-16-23)29(36-31)33-30-28(24-17-9-4-10-18-24)35-32(2,37-30)26-21-13-6-14-22-26/h3-22H,1-2H3,(H,33,36,37). The van der Waals surface area contributed by atoms with Gasteiger partial charge in [-0.25, -0.2) is 20.0 Å². The smallest absolute Gasteiger partial charge is 0.176 e. The van der Waals surface area contributed by atoms with Crippen LogP contribution in [0.25, 0.3) is 0 Å². The van der Waals surface area contributed by atoms with Crippen LogP contribution in [0.4, 0.5) is 0 Å². The lowest BCUT2D eigenvalue weighted by Gasteiger charge is -2.17. The second-order valence-electron chi connectivity index (χ2n) is 9.47. The lowest BCUT2D eigenvalue weighted by molar-refractivity contribution is 0.538. The molecule has 4 aromatic rings. The van der Waals surface area contributed by atoms with Crippen LogP contribution in [0.15, 0.2) is 141 Å². The van der Waals surface area contributed by atoms with Gasteiger partial charge in [0.1, 0.15) is 11.4 Å². The highest BCUT2D eigenvalue weighted by atomic mass is 15.3. The van der Waals surface area contributed by atoms with Crippen molar-refractivity contribution in [2.45, 2.75) is 25.2 Å². The van der Waals surface area contributed by atoms with E-state index >= 15 is 0 Å². The molecule has 4 aromatic carbocycles. The Kier molecular flexibility index (Phi) is 5.61. The Bertz CT molecular complexity index is 1420. The summed E-state index contributed by atoms with van der Waals surface area (Å²) >= 11 is 0. The molecule has 2 unspecified atom stereocenters. The van der Waals surface area contributed by atoms with Gasteiger partial charge < -0.3 is 5.32 Å². The highest BCUT2D eigenvalue weighted by Gasteiger charge is 2.38. The summed E-state index contributed by atoms with van der Waals surface area (Å²) in [6.45, 7) is 4.08. The molecule has 37 heavy (non-hydrogen) atoms. The van der Waals surface area contributed by atoms with Gasteiger partial charge in [-0.15, -0.1) is 0 Å². The molecule has 6 rings (SSSR count). The van der Waals surface area contributed by atoms with Crippen molar-refractivity contribution in [1.82, 2.24) is 5.32 Å². The van der Waals surface area contributed by atoms with Gasteiger partial charge in [0, 0.05) is 22.3 Å². The van der Waals surface area contributed by atoms with Crippen molar-refractivity contribution in [2.24, 2.45) is 20.0 Å². The maximum atomic E-state index is 5.13. The van der Waals surface area contributed by atoms with E-state index in [9.17, 15) is 0 Å². The first-order chi connectivity index (χ1) is 18.0. The molecular weight excluding hydrogens is 454 g/mol. The highest BCUT2D eigenvalue weighted by molar-refractivity contribution is 6.58. The fourth-order valence-electron chi connectivity index (χ4n) is 4.78. The third-order valence-corrected chi connectivity index (χ3v) is 6.74. The molecule has 180 valence electrons. The molecule has 2 aliphatic rings. The topological polar surface area (TPSA) is 61.5 Å². The van der Waals surface area contributed by atoms with E-state index in [2.05, 4.69) is 53.8 Å². The van der Waals surface area contributed by atoms with Gasteiger partial charge in [-0.05, 0) is 13.8 Å². The van der Waals surface area contributed by atoms with Gasteiger partial charge in [0.05, 0.1) is 0 Å². The number of hydrogen-bond acceptors (Lipinski definition) is 5. The van der Waals surface area contributed by atoms with Crippen molar-refractivity contribution >= 4 is 23.1 Å². The Morgan fingerprint density at radius 3 is 1.11 bits per heavy atom. The van der Waals surface area contributed by atoms with E-state index in [4.69, 9.17) is 20.0 Å². The molecule has 0 saturated carbocycles. The Morgan fingerprint density at radius 1 is 0.432 bits per heavy atom. The largest absolute Gasteiger partial charge is 0.322 e. The highest BCUT2D eigenvalue weighted by Crippen LogP contribution is 2.34. The van der Waals surface area contributed by atoms with Gasteiger partial charge in [-0.2, -0.15) is 0 Å². The van der Waals surface area contributed by atoms with Crippen LogP contribution >= 0.6 is 0 Å². The molecule has 0 aromatic heterocycles. The Labute approximate surface area is 217 Å². The van der Waals surface area contributed by atoms with Crippen LogP contribution < -0.4 is 5.32 Å². The molecule has 2 aliphatic heterocycles. The maximum Gasteiger partial charge on any atom is 0.176 e. The molecule has 0 saturated heterocycles. The van der Waals surface area contributed by atoms with Crippen molar-refractivity contribution < 1.29 is 0 Å². The molecule has 0 fully saturated rings. The van der Waals surface area contributed by atoms with Crippen LogP contribution in [-0.4, -0.2) is 23.1 Å². The number of nitrogens with zero attached hydrogens (tertiary/aromatic N) is 4. The molecule has 0 bridgehead atoms. The first-order valence-electron chi connectivity index (χ1n) is 12.4. The number of aliphatic imine (C=N–C) groups is 4. The predicted molar refractivity (Wildman–Crippen MR) is 152 cm³/mol. The molecule has 5 heteroatoms. The third-order valence-electron chi connectivity index (χ3n) is 6.74. The van der Waals surface area contributed by atoms with Gasteiger partial charge in [-0.1, -0.05) is 121 Å². The van der Waals surface area contributed by atoms with Gasteiger partial charge in [0.15, 0.2) is 23.0 Å². The first-order valence-corrected chi connectivity index (χ1v) is 12.4. The van der Waals surface area contributed by atoms with Gasteiger partial charge in [0.25, 0.3) is 0 Å².